The molecule has 0 aromatic carbocycles. The Hall–Kier alpha value is -0.370. The number of carbonyl (C=O) groups is 1. The number of Topliss-reactive ketones (excluding diaryl/α,β-unsaturated/α-hetero) is 1. The number of hydrogen-bond acceptors (Lipinski definition) is 2. The lowest BCUT2D eigenvalue weighted by molar-refractivity contribution is -0.134. The van der Waals surface area contributed by atoms with Crippen molar-refractivity contribution in [1.82, 2.24) is 0 Å². The molecule has 128 valence electrons. The Morgan fingerprint density at radius 2 is 1.78 bits per heavy atom. The van der Waals surface area contributed by atoms with Crippen molar-refractivity contribution in [3.63, 3.8) is 0 Å². The van der Waals surface area contributed by atoms with Gasteiger partial charge in [-0.2, -0.15) is 0 Å². The molecule has 0 unspecified atom stereocenters. The van der Waals surface area contributed by atoms with Gasteiger partial charge in [0.05, 0.1) is 6.10 Å². The third-order valence-corrected chi connectivity index (χ3v) is 9.61. The van der Waals surface area contributed by atoms with Crippen molar-refractivity contribution in [2.75, 3.05) is 0 Å². The van der Waals surface area contributed by atoms with Gasteiger partial charge in [-0.25, -0.2) is 0 Å². The van der Waals surface area contributed by atoms with Gasteiger partial charge in [0.15, 0.2) is 0 Å². The van der Waals surface area contributed by atoms with Crippen LogP contribution in [-0.2, 0) is 4.79 Å². The van der Waals surface area contributed by atoms with Gasteiger partial charge < -0.3 is 5.11 Å². The second kappa shape index (κ2) is 4.62. The summed E-state index contributed by atoms with van der Waals surface area (Å²) in [5, 5.41) is 10.0. The Morgan fingerprint density at radius 3 is 2.57 bits per heavy atom. The van der Waals surface area contributed by atoms with E-state index in [2.05, 4.69) is 6.92 Å². The summed E-state index contributed by atoms with van der Waals surface area (Å²) < 4.78 is 0. The predicted octanol–water partition coefficient (Wildman–Crippen LogP) is 4.21. The molecule has 2 nitrogen and oxygen atoms in total. The monoisotopic (exact) mass is 316 g/mol. The largest absolute Gasteiger partial charge is 0.393 e. The number of ketones is 1. The van der Waals surface area contributed by atoms with Gasteiger partial charge in [-0.3, -0.25) is 4.79 Å². The number of aliphatic hydroxyl groups excluding tert-OH is 1. The highest BCUT2D eigenvalue weighted by molar-refractivity contribution is 5.87. The van der Waals surface area contributed by atoms with E-state index in [9.17, 15) is 9.90 Å². The Labute approximate surface area is 140 Å². The van der Waals surface area contributed by atoms with Crippen LogP contribution in [0.4, 0.5) is 0 Å². The average molecular weight is 316 g/mol. The summed E-state index contributed by atoms with van der Waals surface area (Å²) in [6, 6.07) is 0. The highest BCUT2D eigenvalue weighted by Crippen LogP contribution is 2.79. The maximum absolute atomic E-state index is 12.5. The van der Waals surface area contributed by atoms with Gasteiger partial charge in [-0.1, -0.05) is 6.92 Å². The lowest BCUT2D eigenvalue weighted by Crippen LogP contribution is -2.51. The van der Waals surface area contributed by atoms with Gasteiger partial charge in [0, 0.05) is 5.41 Å². The Balaban J connectivity index is 1.43. The van der Waals surface area contributed by atoms with Crippen molar-refractivity contribution in [3.05, 3.63) is 0 Å². The van der Waals surface area contributed by atoms with Gasteiger partial charge in [0.1, 0.15) is 5.78 Å². The Morgan fingerprint density at radius 1 is 1.00 bits per heavy atom. The zero-order valence-electron chi connectivity index (χ0n) is 14.8. The van der Waals surface area contributed by atoms with Crippen molar-refractivity contribution < 1.29 is 9.90 Å². The molecule has 0 saturated heterocycles. The lowest BCUT2D eigenvalue weighted by atomic mass is 9.48. The molecule has 5 saturated carbocycles. The quantitative estimate of drug-likeness (QED) is 0.787. The lowest BCUT2D eigenvalue weighted by Gasteiger charge is -2.57. The van der Waals surface area contributed by atoms with Gasteiger partial charge in [-0.15, -0.1) is 0 Å². The second-order valence-electron chi connectivity index (χ2n) is 10.0. The molecule has 23 heavy (non-hydrogen) atoms. The van der Waals surface area contributed by atoms with Crippen molar-refractivity contribution in [2.45, 2.75) is 77.7 Å². The minimum absolute atomic E-state index is 0.0261. The number of hydrogen-bond donors (Lipinski definition) is 1. The summed E-state index contributed by atoms with van der Waals surface area (Å²) in [5.41, 5.74) is 0.397. The fourth-order valence-electron chi connectivity index (χ4n) is 8.59. The van der Waals surface area contributed by atoms with Crippen molar-refractivity contribution in [2.24, 2.45) is 46.3 Å². The van der Waals surface area contributed by atoms with Crippen LogP contribution in [0.25, 0.3) is 0 Å². The zero-order valence-corrected chi connectivity index (χ0v) is 14.8. The van der Waals surface area contributed by atoms with Crippen LogP contribution in [0.15, 0.2) is 0 Å². The van der Waals surface area contributed by atoms with Crippen molar-refractivity contribution in [3.8, 4) is 0 Å². The van der Waals surface area contributed by atoms with Gasteiger partial charge in [0.25, 0.3) is 0 Å². The Bertz CT molecular complexity index is 542. The normalized spacial score (nSPS) is 60.2. The van der Waals surface area contributed by atoms with E-state index in [4.69, 9.17) is 0 Å². The molecule has 1 N–H and O–H groups in total. The van der Waals surface area contributed by atoms with Crippen LogP contribution in [0.1, 0.15) is 71.6 Å². The molecule has 0 heterocycles. The second-order valence-corrected chi connectivity index (χ2v) is 10.0. The zero-order chi connectivity index (χ0) is 16.0. The summed E-state index contributed by atoms with van der Waals surface area (Å²) in [5.74, 6) is 5.50. The minimum Gasteiger partial charge on any atom is -0.393 e. The highest BCUT2D eigenvalue weighted by atomic mass is 16.3. The van der Waals surface area contributed by atoms with Gasteiger partial charge in [0.2, 0.25) is 0 Å². The molecule has 5 fully saturated rings. The molecule has 0 aromatic rings. The fourth-order valence-corrected chi connectivity index (χ4v) is 8.59. The van der Waals surface area contributed by atoms with Crippen LogP contribution < -0.4 is 0 Å². The first-order chi connectivity index (χ1) is 11.0. The first-order valence-electron chi connectivity index (χ1n) is 10.2. The van der Waals surface area contributed by atoms with Gasteiger partial charge in [-0.05, 0) is 106 Å². The number of aliphatic hydroxyl groups is 1. The number of carbonyl (C=O) groups excluding carboxylic acids is 1. The van der Waals surface area contributed by atoms with Crippen molar-refractivity contribution in [1.29, 1.82) is 0 Å². The molecule has 5 rings (SSSR count). The van der Waals surface area contributed by atoms with E-state index < -0.39 is 0 Å². The topological polar surface area (TPSA) is 37.3 Å². The van der Waals surface area contributed by atoms with Crippen LogP contribution in [0.5, 0.6) is 0 Å². The summed E-state index contributed by atoms with van der Waals surface area (Å²) in [4.78, 5) is 12.5. The summed E-state index contributed by atoms with van der Waals surface area (Å²) in [6.07, 6.45) is 11.2. The molecular weight excluding hydrogens is 284 g/mol. The standard InChI is InChI=1S/C21H32O2/c1-12(22)21-11-14(21)10-19-18-5-3-13-9-15(23)4-6-16(13)17(18)7-8-20(19,21)2/h13-19,23H,3-11H2,1-2H3/t13-,14-,15-,16-,17+,18+,19-,20-,21-/m0/s1. The van der Waals surface area contributed by atoms with E-state index in [1.54, 1.807) is 0 Å². The molecule has 0 spiro atoms. The van der Waals surface area contributed by atoms with Crippen molar-refractivity contribution >= 4 is 5.78 Å². The van der Waals surface area contributed by atoms with Crippen LogP contribution >= 0.6 is 0 Å². The van der Waals surface area contributed by atoms with Crippen LogP contribution in [0.3, 0.4) is 0 Å². The first kappa shape index (κ1) is 14.9. The van der Waals surface area contributed by atoms with E-state index in [-0.39, 0.29) is 11.5 Å². The van der Waals surface area contributed by atoms with Gasteiger partial charge >= 0.3 is 0 Å². The van der Waals surface area contributed by atoms with E-state index in [0.29, 0.717) is 11.2 Å². The highest BCUT2D eigenvalue weighted by Gasteiger charge is 2.76. The smallest absolute Gasteiger partial charge is 0.136 e. The average Bonchev–Trinajstić information content (AvgIpc) is 3.20. The van der Waals surface area contributed by atoms with E-state index in [1.807, 2.05) is 6.92 Å². The predicted molar refractivity (Wildman–Crippen MR) is 89.7 cm³/mol. The number of fused-ring (bicyclic) bond motifs is 7. The summed E-state index contributed by atoms with van der Waals surface area (Å²) >= 11 is 0. The molecule has 0 aliphatic heterocycles. The molecule has 0 bridgehead atoms. The van der Waals surface area contributed by atoms with E-state index >= 15 is 0 Å². The maximum atomic E-state index is 12.5. The van der Waals surface area contributed by atoms with E-state index in [0.717, 1.165) is 48.3 Å². The minimum atomic E-state index is -0.0261. The number of rotatable bonds is 1. The third kappa shape index (κ3) is 1.72. The third-order valence-electron chi connectivity index (χ3n) is 9.61. The molecule has 0 aromatic heterocycles. The molecule has 2 heteroatoms. The van der Waals surface area contributed by atoms with Crippen LogP contribution in [-0.4, -0.2) is 17.0 Å². The molecule has 9 atom stereocenters. The molecular formula is C21H32O2. The molecule has 0 radical (unpaired) electrons. The molecule has 5 aliphatic rings. The molecule has 0 amide bonds. The first-order valence-corrected chi connectivity index (χ1v) is 10.2. The van der Waals surface area contributed by atoms with E-state index in [1.165, 1.54) is 44.9 Å². The Kier molecular flexibility index (Phi) is 3.00. The fraction of sp³-hybridized carbons (Fsp3) is 0.952. The van der Waals surface area contributed by atoms with Crippen LogP contribution in [0, 0.1) is 46.3 Å². The maximum Gasteiger partial charge on any atom is 0.136 e. The SMILES string of the molecule is CC(=O)[C@@]12C[C@@H]1C[C@H]1[C@@H]3CC[C@H]4C[C@@H](O)CC[C@@H]4[C@H]3CC[C@@]12C. The summed E-state index contributed by atoms with van der Waals surface area (Å²) in [6.45, 7) is 4.36. The van der Waals surface area contributed by atoms with Crippen LogP contribution in [0.2, 0.25) is 0 Å². The summed E-state index contributed by atoms with van der Waals surface area (Å²) in [7, 11) is 0. The molecule has 5 aliphatic carbocycles.